The van der Waals surface area contributed by atoms with Crippen LogP contribution in [0.2, 0.25) is 0 Å². The van der Waals surface area contributed by atoms with Crippen LogP contribution in [-0.2, 0) is 4.79 Å². The van der Waals surface area contributed by atoms with Gasteiger partial charge in [0, 0.05) is 26.2 Å². The smallest absolute Gasteiger partial charge is 0.236 e. The van der Waals surface area contributed by atoms with Crippen LogP contribution in [0, 0.1) is 5.92 Å². The summed E-state index contributed by atoms with van der Waals surface area (Å²) in [7, 11) is 0. The lowest BCUT2D eigenvalue weighted by molar-refractivity contribution is -0.133. The molecule has 2 saturated heterocycles. The average molecular weight is 240 g/mol. The maximum Gasteiger partial charge on any atom is 0.236 e. The number of carbonyl (C=O) groups excluding carboxylic acids is 1. The van der Waals surface area contributed by atoms with Crippen molar-refractivity contribution in [2.45, 2.75) is 38.7 Å². The highest BCUT2D eigenvalue weighted by Crippen LogP contribution is 2.21. The predicted molar refractivity (Wildman–Crippen MR) is 66.7 cm³/mol. The first-order chi connectivity index (χ1) is 7.96. The van der Waals surface area contributed by atoms with Crippen LogP contribution in [0.3, 0.4) is 0 Å². The molecule has 17 heavy (non-hydrogen) atoms. The molecular weight excluding hydrogens is 216 g/mol. The average Bonchev–Trinajstić information content (AvgIpc) is 2.59. The fourth-order valence-corrected chi connectivity index (χ4v) is 2.72. The second-order valence-electron chi connectivity index (χ2n) is 6.02. The second kappa shape index (κ2) is 4.94. The number of amides is 1. The number of rotatable bonds is 2. The maximum absolute atomic E-state index is 12.1. The summed E-state index contributed by atoms with van der Waals surface area (Å²) >= 11 is 0. The molecule has 1 N–H and O–H groups in total. The number of carbonyl (C=O) groups is 1. The molecule has 0 aromatic carbocycles. The van der Waals surface area contributed by atoms with E-state index in [9.17, 15) is 9.90 Å². The van der Waals surface area contributed by atoms with Gasteiger partial charge in [-0.2, -0.15) is 0 Å². The molecule has 1 unspecified atom stereocenters. The van der Waals surface area contributed by atoms with Gasteiger partial charge in [-0.15, -0.1) is 0 Å². The first-order valence-corrected chi connectivity index (χ1v) is 6.69. The van der Waals surface area contributed by atoms with E-state index in [1.165, 1.54) is 0 Å². The number of nitrogens with zero attached hydrogens (tertiary/aromatic N) is 2. The quantitative estimate of drug-likeness (QED) is 0.773. The fraction of sp³-hybridized carbons (Fsp3) is 0.923. The molecule has 4 heteroatoms. The van der Waals surface area contributed by atoms with Gasteiger partial charge in [0.2, 0.25) is 5.91 Å². The Bertz CT molecular complexity index is 283. The number of likely N-dealkylation sites (tertiary alicyclic amines) is 2. The van der Waals surface area contributed by atoms with Crippen LogP contribution in [0.25, 0.3) is 0 Å². The third-order valence-corrected chi connectivity index (χ3v) is 4.03. The summed E-state index contributed by atoms with van der Waals surface area (Å²) in [6, 6.07) is 0. The van der Waals surface area contributed by atoms with E-state index in [1.807, 2.05) is 11.8 Å². The summed E-state index contributed by atoms with van der Waals surface area (Å²) in [5.41, 5.74) is -0.601. The molecule has 1 atom stereocenters. The van der Waals surface area contributed by atoms with Crippen molar-refractivity contribution in [3.8, 4) is 0 Å². The van der Waals surface area contributed by atoms with Gasteiger partial charge in [-0.05, 0) is 32.1 Å². The molecule has 2 rings (SSSR count). The Kier molecular flexibility index (Phi) is 3.73. The molecule has 0 aromatic rings. The minimum absolute atomic E-state index is 0.231. The summed E-state index contributed by atoms with van der Waals surface area (Å²) in [6.07, 6.45) is 3.03. The largest absolute Gasteiger partial charge is 0.389 e. The van der Waals surface area contributed by atoms with Gasteiger partial charge in [-0.25, -0.2) is 0 Å². The highest BCUT2D eigenvalue weighted by Gasteiger charge is 2.33. The van der Waals surface area contributed by atoms with Gasteiger partial charge < -0.3 is 10.0 Å². The predicted octanol–water partition coefficient (Wildman–Crippen LogP) is 0.702. The van der Waals surface area contributed by atoms with E-state index in [0.717, 1.165) is 44.8 Å². The Morgan fingerprint density at radius 3 is 2.53 bits per heavy atom. The first kappa shape index (κ1) is 12.8. The zero-order chi connectivity index (χ0) is 12.5. The minimum Gasteiger partial charge on any atom is -0.389 e. The molecule has 2 heterocycles. The van der Waals surface area contributed by atoms with E-state index in [1.54, 1.807) is 0 Å². The third kappa shape index (κ3) is 3.42. The van der Waals surface area contributed by atoms with Crippen LogP contribution >= 0.6 is 0 Å². The van der Waals surface area contributed by atoms with E-state index in [-0.39, 0.29) is 5.91 Å². The highest BCUT2D eigenvalue weighted by molar-refractivity contribution is 5.78. The monoisotopic (exact) mass is 240 g/mol. The molecule has 2 aliphatic rings. The van der Waals surface area contributed by atoms with Crippen molar-refractivity contribution in [1.82, 2.24) is 9.80 Å². The zero-order valence-electron chi connectivity index (χ0n) is 11.0. The Labute approximate surface area is 104 Å². The number of β-amino-alcohol motifs (C(OH)–C–C–N with tert-alkyl or cyclic N) is 1. The summed E-state index contributed by atoms with van der Waals surface area (Å²) in [4.78, 5) is 16.1. The summed E-state index contributed by atoms with van der Waals surface area (Å²) in [5.74, 6) is 0.987. The van der Waals surface area contributed by atoms with Gasteiger partial charge in [0.25, 0.3) is 0 Å². The molecule has 4 nitrogen and oxygen atoms in total. The van der Waals surface area contributed by atoms with Crippen molar-refractivity contribution in [3.63, 3.8) is 0 Å². The molecule has 1 amide bonds. The summed E-state index contributed by atoms with van der Waals surface area (Å²) in [5, 5.41) is 9.86. The standard InChI is InChI=1S/C13H24N2O2/c1-11-3-6-15(7-4-11)12(16)9-14-8-5-13(2,17)10-14/h11,17H,3-10H2,1-2H3. The lowest BCUT2D eigenvalue weighted by Gasteiger charge is -2.31. The van der Waals surface area contributed by atoms with Crippen molar-refractivity contribution in [3.05, 3.63) is 0 Å². The Hall–Kier alpha value is -0.610. The second-order valence-corrected chi connectivity index (χ2v) is 6.02. The molecule has 2 fully saturated rings. The molecule has 0 aliphatic carbocycles. The van der Waals surface area contributed by atoms with Crippen molar-refractivity contribution in [2.24, 2.45) is 5.92 Å². The van der Waals surface area contributed by atoms with Crippen molar-refractivity contribution in [1.29, 1.82) is 0 Å². The highest BCUT2D eigenvalue weighted by atomic mass is 16.3. The normalized spacial score (nSPS) is 32.1. The molecular formula is C13H24N2O2. The van der Waals surface area contributed by atoms with Crippen LogP contribution in [0.5, 0.6) is 0 Å². The lowest BCUT2D eigenvalue weighted by atomic mass is 9.99. The van der Waals surface area contributed by atoms with Crippen LogP contribution < -0.4 is 0 Å². The van der Waals surface area contributed by atoms with E-state index < -0.39 is 5.60 Å². The maximum atomic E-state index is 12.1. The molecule has 0 aromatic heterocycles. The number of aliphatic hydroxyl groups is 1. The van der Waals surface area contributed by atoms with Crippen LogP contribution in [0.4, 0.5) is 0 Å². The molecule has 0 radical (unpaired) electrons. The topological polar surface area (TPSA) is 43.8 Å². The van der Waals surface area contributed by atoms with Gasteiger partial charge in [0.1, 0.15) is 0 Å². The van der Waals surface area contributed by atoms with Gasteiger partial charge in [0.15, 0.2) is 0 Å². The lowest BCUT2D eigenvalue weighted by Crippen LogP contribution is -2.44. The van der Waals surface area contributed by atoms with Gasteiger partial charge in [-0.1, -0.05) is 6.92 Å². The van der Waals surface area contributed by atoms with E-state index >= 15 is 0 Å². The van der Waals surface area contributed by atoms with Gasteiger partial charge >= 0.3 is 0 Å². The van der Waals surface area contributed by atoms with Crippen LogP contribution in [-0.4, -0.2) is 59.1 Å². The Morgan fingerprint density at radius 1 is 1.35 bits per heavy atom. The SMILES string of the molecule is CC1CCN(C(=O)CN2CCC(C)(O)C2)CC1. The van der Waals surface area contributed by atoms with Crippen LogP contribution in [0.1, 0.15) is 33.1 Å². The van der Waals surface area contributed by atoms with Gasteiger partial charge in [-0.3, -0.25) is 9.69 Å². The number of piperidine rings is 1. The minimum atomic E-state index is -0.601. The summed E-state index contributed by atoms with van der Waals surface area (Å²) < 4.78 is 0. The molecule has 0 bridgehead atoms. The molecule has 0 spiro atoms. The fourth-order valence-electron chi connectivity index (χ4n) is 2.72. The Balaban J connectivity index is 1.78. The van der Waals surface area contributed by atoms with Crippen LogP contribution in [0.15, 0.2) is 0 Å². The van der Waals surface area contributed by atoms with Crippen molar-refractivity contribution in [2.75, 3.05) is 32.7 Å². The van der Waals surface area contributed by atoms with Crippen molar-refractivity contribution >= 4 is 5.91 Å². The third-order valence-electron chi connectivity index (χ3n) is 4.03. The summed E-state index contributed by atoms with van der Waals surface area (Å²) in [6.45, 7) is 7.85. The zero-order valence-corrected chi connectivity index (χ0v) is 11.0. The Morgan fingerprint density at radius 2 is 2.00 bits per heavy atom. The number of hydrogen-bond acceptors (Lipinski definition) is 3. The van der Waals surface area contributed by atoms with Crippen molar-refractivity contribution < 1.29 is 9.90 Å². The molecule has 98 valence electrons. The van der Waals surface area contributed by atoms with E-state index in [0.29, 0.717) is 13.1 Å². The van der Waals surface area contributed by atoms with E-state index in [2.05, 4.69) is 11.8 Å². The van der Waals surface area contributed by atoms with Gasteiger partial charge in [0.05, 0.1) is 12.1 Å². The molecule has 0 saturated carbocycles. The number of hydrogen-bond donors (Lipinski definition) is 1. The van der Waals surface area contributed by atoms with E-state index in [4.69, 9.17) is 0 Å². The first-order valence-electron chi connectivity index (χ1n) is 6.69. The molecule has 2 aliphatic heterocycles.